The zero-order valence-electron chi connectivity index (χ0n) is 26.5. The van der Waals surface area contributed by atoms with E-state index in [4.69, 9.17) is 28.9 Å². The van der Waals surface area contributed by atoms with E-state index in [1.807, 2.05) is 55.6 Å². The molecule has 2 aromatic carbocycles. The fourth-order valence-electron chi connectivity index (χ4n) is 5.75. The summed E-state index contributed by atoms with van der Waals surface area (Å²) in [6.45, 7) is 4.10. The summed E-state index contributed by atoms with van der Waals surface area (Å²) in [5.41, 5.74) is 5.78. The summed E-state index contributed by atoms with van der Waals surface area (Å²) in [5.74, 6) is 3.52. The van der Waals surface area contributed by atoms with Gasteiger partial charge in [0.25, 0.3) is 5.91 Å². The number of ether oxygens (including phenoxy) is 4. The Hall–Kier alpha value is -5.16. The molecule has 0 radical (unpaired) electrons. The molecule has 1 fully saturated rings. The first kappa shape index (κ1) is 30.8. The molecule has 0 saturated carbocycles. The van der Waals surface area contributed by atoms with Gasteiger partial charge in [-0.2, -0.15) is 0 Å². The second-order valence-corrected chi connectivity index (χ2v) is 11.2. The van der Waals surface area contributed by atoms with Gasteiger partial charge in [-0.05, 0) is 43.5 Å². The number of amides is 1. The number of benzene rings is 2. The van der Waals surface area contributed by atoms with Crippen LogP contribution in [0.4, 0.5) is 5.82 Å². The van der Waals surface area contributed by atoms with Crippen LogP contribution in [-0.2, 0) is 17.8 Å². The largest absolute Gasteiger partial charge is 0.497 e. The predicted octanol–water partition coefficient (Wildman–Crippen LogP) is 5.56. The highest BCUT2D eigenvalue weighted by molar-refractivity contribution is 5.97. The zero-order chi connectivity index (χ0) is 32.0. The minimum absolute atomic E-state index is 0.176. The van der Waals surface area contributed by atoms with Gasteiger partial charge in [-0.15, -0.1) is 0 Å². The summed E-state index contributed by atoms with van der Waals surface area (Å²) < 4.78 is 24.3. The molecule has 11 nitrogen and oxygen atoms in total. The van der Waals surface area contributed by atoms with Gasteiger partial charge in [-0.1, -0.05) is 24.3 Å². The Balaban J connectivity index is 1.29. The monoisotopic (exact) mass is 622 g/mol. The molecule has 1 atom stereocenters. The minimum Gasteiger partial charge on any atom is -0.497 e. The van der Waals surface area contributed by atoms with Crippen molar-refractivity contribution in [2.45, 2.75) is 38.8 Å². The van der Waals surface area contributed by atoms with Crippen LogP contribution < -0.4 is 24.8 Å². The maximum Gasteiger partial charge on any atom is 0.255 e. The van der Waals surface area contributed by atoms with Crippen LogP contribution >= 0.6 is 0 Å². The van der Waals surface area contributed by atoms with Crippen molar-refractivity contribution in [2.75, 3.05) is 39.9 Å². The fraction of sp³-hybridized carbons (Fsp3) is 0.314. The Labute approximate surface area is 267 Å². The second kappa shape index (κ2) is 13.9. The van der Waals surface area contributed by atoms with E-state index in [1.54, 1.807) is 32.7 Å². The van der Waals surface area contributed by atoms with Crippen molar-refractivity contribution in [3.05, 3.63) is 95.3 Å². The molecule has 1 unspecified atom stereocenters. The van der Waals surface area contributed by atoms with Gasteiger partial charge >= 0.3 is 0 Å². The molecule has 3 aromatic heterocycles. The lowest BCUT2D eigenvalue weighted by atomic mass is 10.0. The third-order valence-corrected chi connectivity index (χ3v) is 8.20. The van der Waals surface area contributed by atoms with E-state index < -0.39 is 0 Å². The van der Waals surface area contributed by atoms with E-state index in [-0.39, 0.29) is 11.8 Å². The van der Waals surface area contributed by atoms with Crippen molar-refractivity contribution >= 4 is 17.2 Å². The number of pyridine rings is 1. The van der Waals surface area contributed by atoms with Crippen LogP contribution in [-0.4, -0.2) is 59.8 Å². The highest BCUT2D eigenvalue weighted by atomic mass is 16.5. The van der Waals surface area contributed by atoms with E-state index >= 15 is 0 Å². The van der Waals surface area contributed by atoms with E-state index in [0.29, 0.717) is 36.8 Å². The number of imidazole rings is 1. The molecular formula is C35H38N6O5. The molecule has 4 heterocycles. The number of aryl methyl sites for hydroxylation is 1. The SMILES string of the molecule is COc1ccc(CNc2nccn3c(C4CCCOC4)nc(-c4ccc(CNC(=O)c5cc(C)ncc5OC)cc4)c23)c(OC)c1. The second-order valence-electron chi connectivity index (χ2n) is 11.2. The Kier molecular flexibility index (Phi) is 9.30. The number of fused-ring (bicyclic) bond motifs is 1. The van der Waals surface area contributed by atoms with Crippen molar-refractivity contribution in [1.82, 2.24) is 24.7 Å². The van der Waals surface area contributed by atoms with Gasteiger partial charge in [0.15, 0.2) is 5.82 Å². The van der Waals surface area contributed by atoms with Crippen molar-refractivity contribution in [3.63, 3.8) is 0 Å². The lowest BCUT2D eigenvalue weighted by molar-refractivity contribution is 0.0779. The van der Waals surface area contributed by atoms with Crippen molar-refractivity contribution < 1.29 is 23.7 Å². The normalized spacial score (nSPS) is 14.6. The van der Waals surface area contributed by atoms with Crippen molar-refractivity contribution in [2.24, 2.45) is 0 Å². The molecule has 6 rings (SSSR count). The summed E-state index contributed by atoms with van der Waals surface area (Å²) in [6, 6.07) is 15.6. The van der Waals surface area contributed by atoms with E-state index in [2.05, 4.69) is 20.0 Å². The number of nitrogens with one attached hydrogen (secondary N) is 2. The van der Waals surface area contributed by atoms with Crippen LogP contribution in [0.2, 0.25) is 0 Å². The zero-order valence-corrected chi connectivity index (χ0v) is 26.5. The molecule has 0 aliphatic carbocycles. The molecule has 238 valence electrons. The molecule has 2 N–H and O–H groups in total. The summed E-state index contributed by atoms with van der Waals surface area (Å²) in [4.78, 5) is 27.1. The lowest BCUT2D eigenvalue weighted by Gasteiger charge is -2.21. The molecule has 1 aliphatic heterocycles. The molecule has 46 heavy (non-hydrogen) atoms. The topological polar surface area (TPSA) is 121 Å². The molecule has 1 amide bonds. The van der Waals surface area contributed by atoms with E-state index in [9.17, 15) is 4.79 Å². The number of rotatable bonds is 11. The molecule has 0 spiro atoms. The van der Waals surface area contributed by atoms with Crippen LogP contribution in [0.1, 0.15) is 51.8 Å². The molecular weight excluding hydrogens is 584 g/mol. The molecule has 1 saturated heterocycles. The van der Waals surface area contributed by atoms with Gasteiger partial charge in [-0.25, -0.2) is 9.97 Å². The highest BCUT2D eigenvalue weighted by Gasteiger charge is 2.25. The van der Waals surface area contributed by atoms with Crippen LogP contribution in [0.15, 0.2) is 67.1 Å². The van der Waals surface area contributed by atoms with Gasteiger partial charge in [0.05, 0.1) is 39.7 Å². The summed E-state index contributed by atoms with van der Waals surface area (Å²) in [5, 5.41) is 6.52. The summed E-state index contributed by atoms with van der Waals surface area (Å²) >= 11 is 0. The number of aromatic nitrogens is 4. The van der Waals surface area contributed by atoms with Crippen LogP contribution in [0.3, 0.4) is 0 Å². The average molecular weight is 623 g/mol. The Bertz CT molecular complexity index is 1830. The van der Waals surface area contributed by atoms with E-state index in [1.165, 1.54) is 7.11 Å². The molecule has 1 aliphatic rings. The number of carbonyl (C=O) groups excluding carboxylic acids is 1. The lowest BCUT2D eigenvalue weighted by Crippen LogP contribution is -2.23. The van der Waals surface area contributed by atoms with Gasteiger partial charge in [0, 0.05) is 60.9 Å². The third kappa shape index (κ3) is 6.45. The van der Waals surface area contributed by atoms with Gasteiger partial charge in [-0.3, -0.25) is 14.2 Å². The van der Waals surface area contributed by atoms with Crippen LogP contribution in [0, 0.1) is 6.92 Å². The third-order valence-electron chi connectivity index (χ3n) is 8.20. The first-order valence-electron chi connectivity index (χ1n) is 15.3. The number of carbonyl (C=O) groups is 1. The number of hydrogen-bond acceptors (Lipinski definition) is 9. The maximum absolute atomic E-state index is 12.9. The van der Waals surface area contributed by atoms with Crippen molar-refractivity contribution in [1.29, 1.82) is 0 Å². The Morgan fingerprint density at radius 2 is 1.83 bits per heavy atom. The number of methoxy groups -OCH3 is 3. The predicted molar refractivity (Wildman–Crippen MR) is 175 cm³/mol. The number of hydrogen-bond donors (Lipinski definition) is 2. The fourth-order valence-corrected chi connectivity index (χ4v) is 5.75. The minimum atomic E-state index is -0.221. The summed E-state index contributed by atoms with van der Waals surface area (Å²) in [7, 11) is 4.81. The summed E-state index contributed by atoms with van der Waals surface area (Å²) in [6.07, 6.45) is 7.33. The van der Waals surface area contributed by atoms with E-state index in [0.717, 1.165) is 70.4 Å². The number of anilines is 1. The molecule has 0 bridgehead atoms. The van der Waals surface area contributed by atoms with Crippen LogP contribution in [0.25, 0.3) is 16.8 Å². The van der Waals surface area contributed by atoms with Gasteiger partial charge in [0.2, 0.25) is 0 Å². The molecule has 5 aromatic rings. The Morgan fingerprint density at radius 3 is 2.57 bits per heavy atom. The smallest absolute Gasteiger partial charge is 0.255 e. The Morgan fingerprint density at radius 1 is 1.00 bits per heavy atom. The van der Waals surface area contributed by atoms with Crippen molar-refractivity contribution in [3.8, 4) is 28.5 Å². The maximum atomic E-state index is 12.9. The van der Waals surface area contributed by atoms with Gasteiger partial charge < -0.3 is 29.6 Å². The number of nitrogens with zero attached hydrogens (tertiary/aromatic N) is 4. The quantitative estimate of drug-likeness (QED) is 0.195. The van der Waals surface area contributed by atoms with Crippen LogP contribution in [0.5, 0.6) is 17.2 Å². The first-order chi connectivity index (χ1) is 22.5. The van der Waals surface area contributed by atoms with Gasteiger partial charge in [0.1, 0.15) is 34.3 Å². The first-order valence-corrected chi connectivity index (χ1v) is 15.3. The highest BCUT2D eigenvalue weighted by Crippen LogP contribution is 2.35. The standard InChI is InChI=1S/C35H38N6O5/c1-22-16-28(30(45-4)20-37-22)35(42)39-18-23-7-9-24(10-8-23)31-32-33(38-19-25-11-12-27(43-2)17-29(25)44-3)36-13-14-41(32)34(40-31)26-6-5-15-46-21-26/h7-14,16-17,20,26H,5-6,15,18-19,21H2,1-4H3,(H,36,38)(H,39,42). The average Bonchev–Trinajstić information content (AvgIpc) is 3.50. The molecule has 11 heteroatoms.